The standard InChI is InChI=1S/C15H18N2O2/c1-4-19-12-7-5-11(6-8-12)13-9-10-16-14(17-13)15(2,3)18/h5-10,18H,4H2,1-3H3. The molecule has 100 valence electrons. The van der Waals surface area contributed by atoms with Crippen LogP contribution in [0.2, 0.25) is 0 Å². The third-order valence-electron chi connectivity index (χ3n) is 2.66. The molecule has 1 N–H and O–H groups in total. The molecule has 0 saturated heterocycles. The molecule has 1 aromatic carbocycles. The minimum absolute atomic E-state index is 0.416. The van der Waals surface area contributed by atoms with E-state index in [1.807, 2.05) is 37.3 Å². The summed E-state index contributed by atoms with van der Waals surface area (Å²) >= 11 is 0. The Hall–Kier alpha value is -1.94. The molecule has 0 unspecified atom stereocenters. The van der Waals surface area contributed by atoms with Gasteiger partial charge in [-0.25, -0.2) is 9.97 Å². The van der Waals surface area contributed by atoms with Crippen LogP contribution < -0.4 is 4.74 Å². The zero-order valence-electron chi connectivity index (χ0n) is 11.4. The summed E-state index contributed by atoms with van der Waals surface area (Å²) in [5.74, 6) is 1.25. The molecule has 1 aromatic heterocycles. The molecule has 0 atom stereocenters. The molecule has 0 spiro atoms. The molecule has 0 aliphatic heterocycles. The summed E-state index contributed by atoms with van der Waals surface area (Å²) in [5.41, 5.74) is 0.716. The highest BCUT2D eigenvalue weighted by Crippen LogP contribution is 2.23. The second kappa shape index (κ2) is 5.36. The van der Waals surface area contributed by atoms with Crippen LogP contribution in [0, 0.1) is 0 Å². The van der Waals surface area contributed by atoms with Crippen molar-refractivity contribution in [3.8, 4) is 17.0 Å². The first kappa shape index (κ1) is 13.5. The second-order valence-electron chi connectivity index (χ2n) is 4.78. The monoisotopic (exact) mass is 258 g/mol. The normalized spacial score (nSPS) is 11.4. The van der Waals surface area contributed by atoms with Gasteiger partial charge in [-0.3, -0.25) is 0 Å². The summed E-state index contributed by atoms with van der Waals surface area (Å²) in [5, 5.41) is 9.93. The fraction of sp³-hybridized carbons (Fsp3) is 0.333. The molecule has 0 fully saturated rings. The highest BCUT2D eigenvalue weighted by Gasteiger charge is 2.19. The van der Waals surface area contributed by atoms with Gasteiger partial charge < -0.3 is 9.84 Å². The van der Waals surface area contributed by atoms with Gasteiger partial charge in [-0.05, 0) is 51.1 Å². The zero-order valence-corrected chi connectivity index (χ0v) is 11.4. The number of hydrogen-bond acceptors (Lipinski definition) is 4. The molecule has 4 heteroatoms. The van der Waals surface area contributed by atoms with E-state index in [-0.39, 0.29) is 0 Å². The van der Waals surface area contributed by atoms with Gasteiger partial charge >= 0.3 is 0 Å². The fourth-order valence-corrected chi connectivity index (χ4v) is 1.70. The van der Waals surface area contributed by atoms with Gasteiger partial charge in [0.05, 0.1) is 12.3 Å². The van der Waals surface area contributed by atoms with Gasteiger partial charge in [-0.1, -0.05) is 0 Å². The van der Waals surface area contributed by atoms with E-state index in [1.54, 1.807) is 20.0 Å². The van der Waals surface area contributed by atoms with Crippen molar-refractivity contribution in [2.24, 2.45) is 0 Å². The van der Waals surface area contributed by atoms with E-state index in [9.17, 15) is 5.11 Å². The average molecular weight is 258 g/mol. The quantitative estimate of drug-likeness (QED) is 0.916. The predicted molar refractivity (Wildman–Crippen MR) is 73.9 cm³/mol. The molecule has 0 aliphatic rings. The maximum Gasteiger partial charge on any atom is 0.159 e. The number of hydrogen-bond donors (Lipinski definition) is 1. The van der Waals surface area contributed by atoms with Crippen LogP contribution in [0.25, 0.3) is 11.3 Å². The van der Waals surface area contributed by atoms with Crippen LogP contribution in [0.3, 0.4) is 0 Å². The lowest BCUT2D eigenvalue weighted by atomic mass is 10.1. The molecular formula is C15H18N2O2. The summed E-state index contributed by atoms with van der Waals surface area (Å²) in [6.45, 7) is 5.94. The van der Waals surface area contributed by atoms with E-state index in [0.717, 1.165) is 17.0 Å². The Labute approximate surface area is 113 Å². The van der Waals surface area contributed by atoms with Crippen molar-refractivity contribution in [2.75, 3.05) is 6.61 Å². The minimum Gasteiger partial charge on any atom is -0.494 e. The van der Waals surface area contributed by atoms with Crippen molar-refractivity contribution in [1.29, 1.82) is 0 Å². The maximum atomic E-state index is 9.93. The Morgan fingerprint density at radius 2 is 1.84 bits per heavy atom. The SMILES string of the molecule is CCOc1ccc(-c2ccnc(C(C)(C)O)n2)cc1. The van der Waals surface area contributed by atoms with Crippen molar-refractivity contribution in [1.82, 2.24) is 9.97 Å². The van der Waals surface area contributed by atoms with Crippen LogP contribution >= 0.6 is 0 Å². The van der Waals surface area contributed by atoms with Gasteiger partial charge in [0.2, 0.25) is 0 Å². The lowest BCUT2D eigenvalue weighted by Gasteiger charge is -2.15. The van der Waals surface area contributed by atoms with Gasteiger partial charge in [0.15, 0.2) is 5.82 Å². The van der Waals surface area contributed by atoms with E-state index >= 15 is 0 Å². The van der Waals surface area contributed by atoms with Crippen LogP contribution in [-0.4, -0.2) is 21.7 Å². The van der Waals surface area contributed by atoms with E-state index in [1.165, 1.54) is 0 Å². The number of rotatable bonds is 4. The summed E-state index contributed by atoms with van der Waals surface area (Å²) in [6, 6.07) is 9.53. The second-order valence-corrected chi connectivity index (χ2v) is 4.78. The molecular weight excluding hydrogens is 240 g/mol. The average Bonchev–Trinajstić information content (AvgIpc) is 2.39. The lowest BCUT2D eigenvalue weighted by Crippen LogP contribution is -2.19. The van der Waals surface area contributed by atoms with Crippen LogP contribution in [0.5, 0.6) is 5.75 Å². The molecule has 4 nitrogen and oxygen atoms in total. The minimum atomic E-state index is -1.04. The fourth-order valence-electron chi connectivity index (χ4n) is 1.70. The summed E-state index contributed by atoms with van der Waals surface area (Å²) in [4.78, 5) is 8.49. The first-order valence-electron chi connectivity index (χ1n) is 6.30. The first-order valence-corrected chi connectivity index (χ1v) is 6.30. The Balaban J connectivity index is 2.31. The summed E-state index contributed by atoms with van der Waals surface area (Å²) < 4.78 is 5.40. The van der Waals surface area contributed by atoms with E-state index in [0.29, 0.717) is 12.4 Å². The third kappa shape index (κ3) is 3.29. The third-order valence-corrected chi connectivity index (χ3v) is 2.66. The van der Waals surface area contributed by atoms with Crippen molar-refractivity contribution >= 4 is 0 Å². The van der Waals surface area contributed by atoms with Crippen molar-refractivity contribution < 1.29 is 9.84 Å². The Kier molecular flexibility index (Phi) is 3.81. The zero-order chi connectivity index (χ0) is 13.9. The topological polar surface area (TPSA) is 55.2 Å². The number of ether oxygens (including phenoxy) is 1. The number of aromatic nitrogens is 2. The summed E-state index contributed by atoms with van der Waals surface area (Å²) in [6.07, 6.45) is 1.66. The lowest BCUT2D eigenvalue weighted by molar-refractivity contribution is 0.0688. The van der Waals surface area contributed by atoms with E-state index in [2.05, 4.69) is 9.97 Å². The predicted octanol–water partition coefficient (Wildman–Crippen LogP) is 2.77. The molecule has 0 saturated carbocycles. The van der Waals surface area contributed by atoms with Gasteiger partial charge in [0.1, 0.15) is 11.4 Å². The number of benzene rings is 1. The molecule has 0 amide bonds. The largest absolute Gasteiger partial charge is 0.494 e. The smallest absolute Gasteiger partial charge is 0.159 e. The molecule has 2 rings (SSSR count). The van der Waals surface area contributed by atoms with Crippen LogP contribution in [0.1, 0.15) is 26.6 Å². The van der Waals surface area contributed by atoms with Crippen molar-refractivity contribution in [3.63, 3.8) is 0 Å². The highest BCUT2D eigenvalue weighted by molar-refractivity contribution is 5.59. The van der Waals surface area contributed by atoms with Crippen molar-refractivity contribution in [2.45, 2.75) is 26.4 Å². The van der Waals surface area contributed by atoms with Gasteiger partial charge in [-0.2, -0.15) is 0 Å². The molecule has 0 aliphatic carbocycles. The first-order chi connectivity index (χ1) is 9.00. The number of aliphatic hydroxyl groups is 1. The van der Waals surface area contributed by atoms with Crippen LogP contribution in [0.4, 0.5) is 0 Å². The maximum absolute atomic E-state index is 9.93. The highest BCUT2D eigenvalue weighted by atomic mass is 16.5. The van der Waals surface area contributed by atoms with E-state index < -0.39 is 5.60 Å². The Bertz CT molecular complexity index is 545. The molecule has 0 radical (unpaired) electrons. The van der Waals surface area contributed by atoms with Crippen LogP contribution in [-0.2, 0) is 5.60 Å². The van der Waals surface area contributed by atoms with Gasteiger partial charge in [0.25, 0.3) is 0 Å². The molecule has 1 heterocycles. The Morgan fingerprint density at radius 3 is 2.42 bits per heavy atom. The van der Waals surface area contributed by atoms with E-state index in [4.69, 9.17) is 4.74 Å². The van der Waals surface area contributed by atoms with Gasteiger partial charge in [-0.15, -0.1) is 0 Å². The Morgan fingerprint density at radius 1 is 1.16 bits per heavy atom. The van der Waals surface area contributed by atoms with Gasteiger partial charge in [0, 0.05) is 11.8 Å². The van der Waals surface area contributed by atoms with Crippen LogP contribution in [0.15, 0.2) is 36.5 Å². The summed E-state index contributed by atoms with van der Waals surface area (Å²) in [7, 11) is 0. The van der Waals surface area contributed by atoms with Crippen molar-refractivity contribution in [3.05, 3.63) is 42.4 Å². The molecule has 19 heavy (non-hydrogen) atoms. The molecule has 0 bridgehead atoms. The number of nitrogens with zero attached hydrogens (tertiary/aromatic N) is 2. The molecule has 2 aromatic rings.